The van der Waals surface area contributed by atoms with Crippen molar-refractivity contribution in [3.05, 3.63) is 69.3 Å². The van der Waals surface area contributed by atoms with E-state index in [4.69, 9.17) is 0 Å². The third-order valence-electron chi connectivity index (χ3n) is 4.21. The molecule has 1 aliphatic carbocycles. The number of hydrazone groups is 1. The molecule has 0 amide bonds. The molecule has 0 saturated carbocycles. The molecule has 0 radical (unpaired) electrons. The minimum Gasteiger partial charge on any atom is -0.258 e. The monoisotopic (exact) mass is 359 g/mol. The fourth-order valence-corrected chi connectivity index (χ4v) is 3.66. The molecular weight excluding hydrogens is 342 g/mol. The number of nitro groups is 1. The highest BCUT2D eigenvalue weighted by Crippen LogP contribution is 2.22. The van der Waals surface area contributed by atoms with Gasteiger partial charge in [0.1, 0.15) is 0 Å². The van der Waals surface area contributed by atoms with E-state index in [2.05, 4.69) is 16.0 Å². The number of aryl methyl sites for hydroxylation is 2. The lowest BCUT2D eigenvalue weighted by atomic mass is 9.90. The average molecular weight is 359 g/mol. The van der Waals surface area contributed by atoms with Crippen molar-refractivity contribution < 1.29 is 13.3 Å². The smallest absolute Gasteiger partial charge is 0.258 e. The van der Waals surface area contributed by atoms with E-state index < -0.39 is 14.9 Å². The normalized spacial score (nSPS) is 15.6. The van der Waals surface area contributed by atoms with Gasteiger partial charge in [0.05, 0.1) is 9.82 Å². The largest absolute Gasteiger partial charge is 0.276 e. The summed E-state index contributed by atoms with van der Waals surface area (Å²) in [7, 11) is -3.95. The first-order valence-electron chi connectivity index (χ1n) is 7.76. The first-order valence-corrected chi connectivity index (χ1v) is 9.24. The summed E-state index contributed by atoms with van der Waals surface area (Å²) in [6.45, 7) is 1.56. The van der Waals surface area contributed by atoms with Crippen molar-refractivity contribution in [1.29, 1.82) is 0 Å². The van der Waals surface area contributed by atoms with Gasteiger partial charge in [0.15, 0.2) is 0 Å². The quantitative estimate of drug-likeness (QED) is 0.670. The maximum atomic E-state index is 12.4. The Kier molecular flexibility index (Phi) is 4.54. The average Bonchev–Trinajstić information content (AvgIpc) is 2.60. The number of nitrogens with one attached hydrogen (secondary N) is 1. The summed E-state index contributed by atoms with van der Waals surface area (Å²) in [4.78, 5) is 12.4. The highest BCUT2D eigenvalue weighted by molar-refractivity contribution is 7.89. The third-order valence-corrected chi connectivity index (χ3v) is 5.41. The second-order valence-electron chi connectivity index (χ2n) is 5.92. The Bertz CT molecular complexity index is 968. The van der Waals surface area contributed by atoms with E-state index in [0.29, 0.717) is 18.4 Å². The van der Waals surface area contributed by atoms with Crippen molar-refractivity contribution >= 4 is 21.4 Å². The number of sulfonamides is 1. The zero-order chi connectivity index (χ0) is 18.0. The van der Waals surface area contributed by atoms with Gasteiger partial charge in [0, 0.05) is 23.8 Å². The second-order valence-corrected chi connectivity index (χ2v) is 7.58. The van der Waals surface area contributed by atoms with Gasteiger partial charge < -0.3 is 0 Å². The van der Waals surface area contributed by atoms with E-state index in [1.54, 1.807) is 6.92 Å². The van der Waals surface area contributed by atoms with Gasteiger partial charge in [0.2, 0.25) is 0 Å². The molecular formula is C17H17N3O4S. The highest BCUT2D eigenvalue weighted by atomic mass is 32.2. The molecule has 3 rings (SSSR count). The molecule has 2 aromatic rings. The number of hydrogen-bond donors (Lipinski definition) is 1. The van der Waals surface area contributed by atoms with Gasteiger partial charge in [-0.05, 0) is 37.0 Å². The van der Waals surface area contributed by atoms with Crippen LogP contribution in [0.25, 0.3) is 0 Å². The maximum Gasteiger partial charge on any atom is 0.276 e. The second kappa shape index (κ2) is 6.64. The lowest BCUT2D eigenvalue weighted by Crippen LogP contribution is -2.23. The summed E-state index contributed by atoms with van der Waals surface area (Å²) in [5.41, 5.74) is 3.29. The van der Waals surface area contributed by atoms with Gasteiger partial charge in [-0.1, -0.05) is 30.3 Å². The Labute approximate surface area is 145 Å². The van der Waals surface area contributed by atoms with Crippen molar-refractivity contribution in [3.63, 3.8) is 0 Å². The van der Waals surface area contributed by atoms with Crippen LogP contribution in [0.1, 0.15) is 23.1 Å². The molecule has 130 valence electrons. The lowest BCUT2D eigenvalue weighted by molar-refractivity contribution is -0.385. The molecule has 0 saturated heterocycles. The Morgan fingerprint density at radius 3 is 2.56 bits per heavy atom. The van der Waals surface area contributed by atoms with Crippen molar-refractivity contribution in [2.75, 3.05) is 0 Å². The number of rotatable bonds is 4. The summed E-state index contributed by atoms with van der Waals surface area (Å²) in [5, 5.41) is 15.0. The van der Waals surface area contributed by atoms with Crippen molar-refractivity contribution in [2.45, 2.75) is 31.1 Å². The van der Waals surface area contributed by atoms with E-state index in [9.17, 15) is 18.5 Å². The molecule has 8 heteroatoms. The van der Waals surface area contributed by atoms with Crippen LogP contribution in [0.2, 0.25) is 0 Å². The first-order chi connectivity index (χ1) is 11.9. The van der Waals surface area contributed by atoms with E-state index in [0.717, 1.165) is 23.8 Å². The Balaban J connectivity index is 1.81. The van der Waals surface area contributed by atoms with E-state index in [1.807, 2.05) is 18.2 Å². The van der Waals surface area contributed by atoms with Crippen LogP contribution in [0.15, 0.2) is 52.5 Å². The fourth-order valence-electron chi connectivity index (χ4n) is 2.79. The molecule has 7 nitrogen and oxygen atoms in total. The maximum absolute atomic E-state index is 12.4. The van der Waals surface area contributed by atoms with Gasteiger partial charge in [-0.3, -0.25) is 10.1 Å². The van der Waals surface area contributed by atoms with Crippen molar-refractivity contribution in [3.8, 4) is 0 Å². The molecule has 1 N–H and O–H groups in total. The van der Waals surface area contributed by atoms with Crippen LogP contribution in [0.3, 0.4) is 0 Å². The molecule has 0 aromatic heterocycles. The van der Waals surface area contributed by atoms with Gasteiger partial charge in [-0.15, -0.1) is 0 Å². The SMILES string of the molecule is Cc1ccc(S(=O)(=O)N/N=C2\CCc3ccccc3C2)cc1[N+](=O)[O-]. The van der Waals surface area contributed by atoms with Crippen LogP contribution < -0.4 is 4.83 Å². The Morgan fingerprint density at radius 1 is 1.12 bits per heavy atom. The van der Waals surface area contributed by atoms with Crippen LogP contribution >= 0.6 is 0 Å². The topological polar surface area (TPSA) is 102 Å². The Hall–Kier alpha value is -2.74. The van der Waals surface area contributed by atoms with Gasteiger partial charge >= 0.3 is 0 Å². The molecule has 25 heavy (non-hydrogen) atoms. The predicted molar refractivity (Wildman–Crippen MR) is 94.1 cm³/mol. The predicted octanol–water partition coefficient (Wildman–Crippen LogP) is 2.73. The van der Waals surface area contributed by atoms with Crippen LogP contribution in [0.4, 0.5) is 5.69 Å². The zero-order valence-electron chi connectivity index (χ0n) is 13.6. The summed E-state index contributed by atoms with van der Waals surface area (Å²) in [5.74, 6) is 0. The minimum atomic E-state index is -3.95. The molecule has 0 spiro atoms. The minimum absolute atomic E-state index is 0.176. The van der Waals surface area contributed by atoms with Crippen molar-refractivity contribution in [1.82, 2.24) is 4.83 Å². The van der Waals surface area contributed by atoms with Gasteiger partial charge in [-0.25, -0.2) is 4.83 Å². The zero-order valence-corrected chi connectivity index (χ0v) is 14.4. The standard InChI is InChI=1S/C17H17N3O4S/c1-12-6-9-16(11-17(12)20(21)22)25(23,24)19-18-15-8-7-13-4-2-3-5-14(13)10-15/h2-6,9,11,19H,7-8,10H2,1H3/b18-15+. The van der Waals surface area contributed by atoms with Crippen LogP contribution in [0.5, 0.6) is 0 Å². The van der Waals surface area contributed by atoms with E-state index >= 15 is 0 Å². The van der Waals surface area contributed by atoms with E-state index in [1.165, 1.54) is 17.7 Å². The highest BCUT2D eigenvalue weighted by Gasteiger charge is 2.20. The molecule has 0 atom stereocenters. The Morgan fingerprint density at radius 2 is 1.84 bits per heavy atom. The fraction of sp³-hybridized carbons (Fsp3) is 0.235. The van der Waals surface area contributed by atoms with Crippen LogP contribution in [-0.2, 0) is 22.9 Å². The van der Waals surface area contributed by atoms with Gasteiger partial charge in [0.25, 0.3) is 15.7 Å². The summed E-state index contributed by atoms with van der Waals surface area (Å²) < 4.78 is 24.7. The first kappa shape index (κ1) is 17.1. The number of fused-ring (bicyclic) bond motifs is 1. The van der Waals surface area contributed by atoms with Crippen LogP contribution in [-0.4, -0.2) is 19.1 Å². The number of hydrogen-bond acceptors (Lipinski definition) is 5. The van der Waals surface area contributed by atoms with Crippen molar-refractivity contribution in [2.24, 2.45) is 5.10 Å². The third kappa shape index (κ3) is 3.69. The molecule has 0 fully saturated rings. The molecule has 0 aliphatic heterocycles. The number of benzene rings is 2. The van der Waals surface area contributed by atoms with Gasteiger partial charge in [-0.2, -0.15) is 13.5 Å². The summed E-state index contributed by atoms with van der Waals surface area (Å²) in [6.07, 6.45) is 2.08. The number of nitrogens with zero attached hydrogens (tertiary/aromatic N) is 2. The molecule has 2 aromatic carbocycles. The molecule has 0 heterocycles. The molecule has 0 unspecified atom stereocenters. The van der Waals surface area contributed by atoms with Crippen LogP contribution in [0, 0.1) is 17.0 Å². The molecule has 1 aliphatic rings. The van der Waals surface area contributed by atoms with E-state index in [-0.39, 0.29) is 10.6 Å². The molecule has 0 bridgehead atoms. The summed E-state index contributed by atoms with van der Waals surface area (Å²) in [6, 6.07) is 11.8. The summed E-state index contributed by atoms with van der Waals surface area (Å²) >= 11 is 0. The lowest BCUT2D eigenvalue weighted by Gasteiger charge is -2.17. The number of nitro benzene ring substituents is 1.